The monoisotopic (exact) mass is 434 g/mol. The van der Waals surface area contributed by atoms with Crippen LogP contribution in [0.1, 0.15) is 142 Å². The van der Waals surface area contributed by atoms with Gasteiger partial charge in [-0.25, -0.2) is 0 Å². The first-order valence-corrected chi connectivity index (χ1v) is 13.2. The number of esters is 2. The van der Waals surface area contributed by atoms with Crippen molar-refractivity contribution in [1.29, 1.82) is 0 Å². The number of rotatable bonds is 22. The lowest BCUT2D eigenvalue weighted by molar-refractivity contribution is -0.159. The van der Waals surface area contributed by atoms with E-state index in [1.807, 2.05) is 0 Å². The van der Waals surface area contributed by atoms with E-state index in [9.17, 15) is 9.59 Å². The average Bonchev–Trinajstić information content (AvgIpc) is 2.75. The van der Waals surface area contributed by atoms with Gasteiger partial charge in [-0.1, -0.05) is 109 Å². The van der Waals surface area contributed by atoms with E-state index >= 15 is 0 Å². The van der Waals surface area contributed by atoms with E-state index in [1.165, 1.54) is 70.6 Å². The van der Waals surface area contributed by atoms with Gasteiger partial charge in [0.15, 0.2) is 0 Å². The summed E-state index contributed by atoms with van der Waals surface area (Å²) >= 11 is 0. The summed E-state index contributed by atoms with van der Waals surface area (Å²) in [6.45, 7) is 4.45. The third-order valence-electron chi connectivity index (χ3n) is 5.54. The van der Waals surface area contributed by atoms with Crippen molar-refractivity contribution >= 4 is 11.9 Å². The number of hydrogen-bond acceptors (Lipinski definition) is 3. The van der Waals surface area contributed by atoms with E-state index < -0.39 is 0 Å². The molecule has 0 amide bonds. The Kier molecular flexibility index (Phi) is 23.8. The van der Waals surface area contributed by atoms with Crippen molar-refractivity contribution in [3.05, 3.63) is 24.3 Å². The third-order valence-corrected chi connectivity index (χ3v) is 5.54. The normalized spacial score (nSPS) is 11.5. The minimum absolute atomic E-state index is 0.346. The van der Waals surface area contributed by atoms with Gasteiger partial charge in [0, 0.05) is 12.8 Å². The number of carbonyl (C=O) groups excluding carboxylic acids is 2. The van der Waals surface area contributed by atoms with Gasteiger partial charge < -0.3 is 4.74 Å². The van der Waals surface area contributed by atoms with Crippen LogP contribution in [-0.2, 0) is 14.3 Å². The SMILES string of the molecule is CCCCC/C=C\C/C=C\CCCCCCCC(=O)OC(=O)CCCCCCCCC. The van der Waals surface area contributed by atoms with Crippen molar-refractivity contribution in [1.82, 2.24) is 0 Å². The van der Waals surface area contributed by atoms with Gasteiger partial charge in [-0.3, -0.25) is 9.59 Å². The first kappa shape index (κ1) is 29.6. The molecule has 0 aromatic carbocycles. The maximum absolute atomic E-state index is 11.7. The standard InChI is InChI=1S/C28H50O3/c1-3-5-7-9-11-12-13-14-15-16-17-18-20-22-24-26-28(30)31-27(29)25-23-21-19-10-8-6-4-2/h11-12,14-15H,3-10,13,16-26H2,1-2H3/b12-11-,15-14-. The second-order valence-electron chi connectivity index (χ2n) is 8.70. The molecule has 0 bridgehead atoms. The highest BCUT2D eigenvalue weighted by molar-refractivity contribution is 5.85. The maximum Gasteiger partial charge on any atom is 0.313 e. The second-order valence-corrected chi connectivity index (χ2v) is 8.70. The Balaban J connectivity index is 3.40. The average molecular weight is 435 g/mol. The molecule has 0 aromatic rings. The Hall–Kier alpha value is -1.38. The van der Waals surface area contributed by atoms with Crippen LogP contribution in [0.15, 0.2) is 24.3 Å². The minimum Gasteiger partial charge on any atom is -0.393 e. The highest BCUT2D eigenvalue weighted by atomic mass is 16.6. The summed E-state index contributed by atoms with van der Waals surface area (Å²) in [7, 11) is 0. The third kappa shape index (κ3) is 24.8. The lowest BCUT2D eigenvalue weighted by Crippen LogP contribution is -2.11. The topological polar surface area (TPSA) is 43.4 Å². The molecule has 180 valence electrons. The molecule has 0 aliphatic carbocycles. The molecule has 0 spiro atoms. The molecule has 3 nitrogen and oxygen atoms in total. The summed E-state index contributed by atoms with van der Waals surface area (Å²) in [4.78, 5) is 23.4. The van der Waals surface area contributed by atoms with Crippen LogP contribution in [0.2, 0.25) is 0 Å². The molecular formula is C28H50O3. The summed E-state index contributed by atoms with van der Waals surface area (Å²) in [6, 6.07) is 0. The highest BCUT2D eigenvalue weighted by Gasteiger charge is 2.09. The van der Waals surface area contributed by atoms with Crippen LogP contribution in [0.5, 0.6) is 0 Å². The van der Waals surface area contributed by atoms with Crippen LogP contribution in [0.4, 0.5) is 0 Å². The number of unbranched alkanes of at least 4 members (excludes halogenated alkanes) is 14. The highest BCUT2D eigenvalue weighted by Crippen LogP contribution is 2.11. The van der Waals surface area contributed by atoms with E-state index in [4.69, 9.17) is 4.74 Å². The van der Waals surface area contributed by atoms with Gasteiger partial charge in [-0.15, -0.1) is 0 Å². The van der Waals surface area contributed by atoms with E-state index in [0.29, 0.717) is 12.8 Å². The van der Waals surface area contributed by atoms with E-state index in [-0.39, 0.29) is 11.9 Å². The molecule has 0 unspecified atom stereocenters. The molecular weight excluding hydrogens is 384 g/mol. The van der Waals surface area contributed by atoms with Crippen molar-refractivity contribution in [2.45, 2.75) is 142 Å². The zero-order valence-corrected chi connectivity index (χ0v) is 20.7. The second kappa shape index (κ2) is 24.9. The zero-order chi connectivity index (χ0) is 22.8. The lowest BCUT2D eigenvalue weighted by atomic mass is 10.1. The lowest BCUT2D eigenvalue weighted by Gasteiger charge is -2.04. The smallest absolute Gasteiger partial charge is 0.313 e. The van der Waals surface area contributed by atoms with Crippen LogP contribution in [-0.4, -0.2) is 11.9 Å². The van der Waals surface area contributed by atoms with Crippen LogP contribution >= 0.6 is 0 Å². The summed E-state index contributed by atoms with van der Waals surface area (Å²) in [5.41, 5.74) is 0. The Morgan fingerprint density at radius 3 is 1.42 bits per heavy atom. The van der Waals surface area contributed by atoms with Gasteiger partial charge in [0.25, 0.3) is 0 Å². The van der Waals surface area contributed by atoms with Gasteiger partial charge in [0.2, 0.25) is 0 Å². The van der Waals surface area contributed by atoms with Crippen molar-refractivity contribution in [3.8, 4) is 0 Å². The molecule has 0 rings (SSSR count). The minimum atomic E-state index is -0.348. The number of ether oxygens (including phenoxy) is 1. The Bertz CT molecular complexity index is 465. The molecule has 31 heavy (non-hydrogen) atoms. The molecule has 0 aliphatic rings. The molecule has 0 N–H and O–H groups in total. The van der Waals surface area contributed by atoms with Crippen molar-refractivity contribution in [2.24, 2.45) is 0 Å². The molecule has 0 aromatic heterocycles. The van der Waals surface area contributed by atoms with Gasteiger partial charge >= 0.3 is 11.9 Å². The van der Waals surface area contributed by atoms with Crippen molar-refractivity contribution < 1.29 is 14.3 Å². The predicted octanol–water partition coefficient (Wildman–Crippen LogP) is 9.01. The van der Waals surface area contributed by atoms with Crippen LogP contribution in [0.25, 0.3) is 0 Å². The van der Waals surface area contributed by atoms with E-state index in [0.717, 1.165) is 44.9 Å². The summed E-state index contributed by atoms with van der Waals surface area (Å²) in [6.07, 6.45) is 30.7. The molecule has 0 heterocycles. The van der Waals surface area contributed by atoms with E-state index in [2.05, 4.69) is 38.2 Å². The maximum atomic E-state index is 11.7. The van der Waals surface area contributed by atoms with Crippen LogP contribution in [0, 0.1) is 0 Å². The predicted molar refractivity (Wildman–Crippen MR) is 133 cm³/mol. The number of allylic oxidation sites excluding steroid dienone is 4. The number of carbonyl (C=O) groups is 2. The van der Waals surface area contributed by atoms with Crippen molar-refractivity contribution in [3.63, 3.8) is 0 Å². The van der Waals surface area contributed by atoms with Crippen LogP contribution < -0.4 is 0 Å². The van der Waals surface area contributed by atoms with Gasteiger partial charge in [-0.05, 0) is 44.9 Å². The largest absolute Gasteiger partial charge is 0.393 e. The quantitative estimate of drug-likeness (QED) is 0.0738. The van der Waals surface area contributed by atoms with Gasteiger partial charge in [0.1, 0.15) is 0 Å². The number of hydrogen-bond donors (Lipinski definition) is 0. The van der Waals surface area contributed by atoms with Crippen molar-refractivity contribution in [2.75, 3.05) is 0 Å². The molecule has 0 radical (unpaired) electrons. The van der Waals surface area contributed by atoms with Gasteiger partial charge in [0.05, 0.1) is 0 Å². The fourth-order valence-corrected chi connectivity index (χ4v) is 3.54. The zero-order valence-electron chi connectivity index (χ0n) is 20.7. The fraction of sp³-hybridized carbons (Fsp3) is 0.786. The molecule has 0 saturated heterocycles. The summed E-state index contributed by atoms with van der Waals surface area (Å²) < 4.78 is 4.92. The first-order valence-electron chi connectivity index (χ1n) is 13.2. The Morgan fingerprint density at radius 2 is 0.903 bits per heavy atom. The molecule has 0 saturated carbocycles. The summed E-state index contributed by atoms with van der Waals surface area (Å²) in [5.74, 6) is -0.695. The summed E-state index contributed by atoms with van der Waals surface area (Å²) in [5, 5.41) is 0. The van der Waals surface area contributed by atoms with E-state index in [1.54, 1.807) is 0 Å². The van der Waals surface area contributed by atoms with Gasteiger partial charge in [-0.2, -0.15) is 0 Å². The molecule has 0 atom stereocenters. The Morgan fingerprint density at radius 1 is 0.516 bits per heavy atom. The fourth-order valence-electron chi connectivity index (χ4n) is 3.54. The molecule has 0 aliphatic heterocycles. The molecule has 3 heteroatoms. The Labute approximate surface area is 193 Å². The first-order chi connectivity index (χ1) is 15.2. The molecule has 0 fully saturated rings. The van der Waals surface area contributed by atoms with Crippen LogP contribution in [0.3, 0.4) is 0 Å².